The number of ether oxygens (including phenoxy) is 2. The van der Waals surface area contributed by atoms with Crippen molar-refractivity contribution in [2.24, 2.45) is 5.73 Å². The van der Waals surface area contributed by atoms with Gasteiger partial charge in [-0.3, -0.25) is 0 Å². The monoisotopic (exact) mass is 274 g/mol. The maximum Gasteiger partial charge on any atom is 0.338 e. The van der Waals surface area contributed by atoms with Crippen LogP contribution in [0.25, 0.3) is 0 Å². The number of hydrogen-bond donors (Lipinski definition) is 1. The zero-order valence-corrected chi connectivity index (χ0v) is 11.2. The van der Waals surface area contributed by atoms with Crippen molar-refractivity contribution in [1.29, 1.82) is 5.26 Å². The molecule has 6 heteroatoms. The summed E-state index contributed by atoms with van der Waals surface area (Å²) >= 11 is 0. The molecule has 20 heavy (non-hydrogen) atoms. The molecule has 2 N–H and O–H groups in total. The number of carbonyl (C=O) groups excluding carboxylic acids is 1. The van der Waals surface area contributed by atoms with Crippen LogP contribution in [-0.2, 0) is 14.3 Å². The lowest BCUT2D eigenvalue weighted by Crippen LogP contribution is -2.25. The van der Waals surface area contributed by atoms with Crippen molar-refractivity contribution in [2.75, 3.05) is 6.61 Å². The molecule has 0 unspecified atom stereocenters. The highest BCUT2D eigenvalue weighted by Crippen LogP contribution is 2.39. The molecular formula is C14H14N2O4. The maximum absolute atomic E-state index is 12.1. The molecule has 0 radical (unpaired) electrons. The summed E-state index contributed by atoms with van der Waals surface area (Å²) in [5.41, 5.74) is 6.08. The van der Waals surface area contributed by atoms with Gasteiger partial charge in [0.1, 0.15) is 23.2 Å². The topological polar surface area (TPSA) is 98.5 Å². The molecule has 1 aromatic heterocycles. The van der Waals surface area contributed by atoms with Crippen LogP contribution in [0.5, 0.6) is 0 Å². The van der Waals surface area contributed by atoms with E-state index >= 15 is 0 Å². The van der Waals surface area contributed by atoms with Crippen LogP contribution in [-0.4, -0.2) is 12.6 Å². The molecule has 1 aromatic rings. The minimum atomic E-state index is -0.706. The standard InChI is InChI=1S/C14H14N2O4/c1-3-18-14(17)11-8(2)20-13(16)9(7-15)12(11)10-5-4-6-19-10/h4-6,12H,3,16H2,1-2H3/t12-/m0/s1. The van der Waals surface area contributed by atoms with Crippen molar-refractivity contribution in [1.82, 2.24) is 0 Å². The summed E-state index contributed by atoms with van der Waals surface area (Å²) in [5.74, 6) is -0.537. The van der Waals surface area contributed by atoms with E-state index in [1.807, 2.05) is 6.07 Å². The average Bonchev–Trinajstić information content (AvgIpc) is 2.91. The summed E-state index contributed by atoms with van der Waals surface area (Å²) in [6, 6.07) is 5.32. The van der Waals surface area contributed by atoms with E-state index in [2.05, 4.69) is 0 Å². The first-order valence-electron chi connectivity index (χ1n) is 6.09. The van der Waals surface area contributed by atoms with Crippen LogP contribution in [0, 0.1) is 11.3 Å². The quantitative estimate of drug-likeness (QED) is 0.845. The van der Waals surface area contributed by atoms with Crippen LogP contribution in [0.1, 0.15) is 25.5 Å². The fraction of sp³-hybridized carbons (Fsp3) is 0.286. The number of carbonyl (C=O) groups is 1. The molecule has 1 aliphatic heterocycles. The molecule has 1 aliphatic rings. The first kappa shape index (κ1) is 13.7. The Morgan fingerprint density at radius 1 is 1.60 bits per heavy atom. The minimum Gasteiger partial charge on any atom is -0.468 e. The van der Waals surface area contributed by atoms with Gasteiger partial charge in [0.25, 0.3) is 0 Å². The Morgan fingerprint density at radius 2 is 2.35 bits per heavy atom. The van der Waals surface area contributed by atoms with E-state index in [-0.39, 0.29) is 23.6 Å². The van der Waals surface area contributed by atoms with Gasteiger partial charge in [0.15, 0.2) is 0 Å². The SMILES string of the molecule is CCOC(=O)C1=C(C)OC(N)=C(C#N)[C@H]1c1ccco1. The third-order valence-corrected chi connectivity index (χ3v) is 2.93. The third-order valence-electron chi connectivity index (χ3n) is 2.93. The van der Waals surface area contributed by atoms with Crippen LogP contribution in [0.3, 0.4) is 0 Å². The van der Waals surface area contributed by atoms with Crippen LogP contribution in [0.15, 0.2) is 45.6 Å². The predicted molar refractivity (Wildman–Crippen MR) is 68.7 cm³/mol. The zero-order chi connectivity index (χ0) is 14.7. The number of hydrogen-bond acceptors (Lipinski definition) is 6. The second-order valence-electron chi connectivity index (χ2n) is 4.13. The number of esters is 1. The van der Waals surface area contributed by atoms with Crippen molar-refractivity contribution < 1.29 is 18.7 Å². The summed E-state index contributed by atoms with van der Waals surface area (Å²) < 4.78 is 15.6. The second kappa shape index (κ2) is 5.53. The number of nitrogens with zero attached hydrogens (tertiary/aromatic N) is 1. The van der Waals surface area contributed by atoms with E-state index in [4.69, 9.17) is 19.6 Å². The lowest BCUT2D eigenvalue weighted by Gasteiger charge is -2.25. The highest BCUT2D eigenvalue weighted by Gasteiger charge is 2.37. The Morgan fingerprint density at radius 3 is 2.90 bits per heavy atom. The smallest absolute Gasteiger partial charge is 0.338 e. The Balaban J connectivity index is 2.55. The molecule has 0 saturated heterocycles. The Hall–Kier alpha value is -2.68. The van der Waals surface area contributed by atoms with Crippen molar-refractivity contribution in [2.45, 2.75) is 19.8 Å². The summed E-state index contributed by atoms with van der Waals surface area (Å²) in [7, 11) is 0. The highest BCUT2D eigenvalue weighted by atomic mass is 16.5. The highest BCUT2D eigenvalue weighted by molar-refractivity contribution is 5.92. The van der Waals surface area contributed by atoms with E-state index in [0.717, 1.165) is 0 Å². The van der Waals surface area contributed by atoms with E-state index in [9.17, 15) is 10.1 Å². The molecule has 1 atom stereocenters. The predicted octanol–water partition coefficient (Wildman–Crippen LogP) is 1.92. The number of nitrogens with two attached hydrogens (primary N) is 1. The fourth-order valence-electron chi connectivity index (χ4n) is 2.09. The molecule has 0 amide bonds. The molecular weight excluding hydrogens is 260 g/mol. The minimum absolute atomic E-state index is 0.0283. The van der Waals surface area contributed by atoms with Crippen LogP contribution < -0.4 is 5.73 Å². The lowest BCUT2D eigenvalue weighted by atomic mass is 9.87. The normalized spacial score (nSPS) is 18.6. The Kier molecular flexibility index (Phi) is 3.80. The summed E-state index contributed by atoms with van der Waals surface area (Å²) in [4.78, 5) is 12.1. The Labute approximate surface area is 116 Å². The van der Waals surface area contributed by atoms with Crippen molar-refractivity contribution in [3.05, 3.63) is 46.9 Å². The second-order valence-corrected chi connectivity index (χ2v) is 4.13. The van der Waals surface area contributed by atoms with Crippen LogP contribution in [0.4, 0.5) is 0 Å². The van der Waals surface area contributed by atoms with Gasteiger partial charge in [-0.25, -0.2) is 4.79 Å². The molecule has 6 nitrogen and oxygen atoms in total. The molecule has 0 aliphatic carbocycles. The first-order chi connectivity index (χ1) is 9.60. The van der Waals surface area contributed by atoms with Crippen LogP contribution in [0.2, 0.25) is 0 Å². The Bertz CT molecular complexity index is 620. The fourth-order valence-corrected chi connectivity index (χ4v) is 2.09. The van der Waals surface area contributed by atoms with Gasteiger partial charge in [-0.15, -0.1) is 0 Å². The number of allylic oxidation sites excluding steroid dienone is 2. The van der Waals surface area contributed by atoms with Gasteiger partial charge in [-0.1, -0.05) is 0 Å². The zero-order valence-electron chi connectivity index (χ0n) is 11.2. The van der Waals surface area contributed by atoms with Crippen LogP contribution >= 0.6 is 0 Å². The number of rotatable bonds is 3. The van der Waals surface area contributed by atoms with E-state index in [1.54, 1.807) is 26.0 Å². The van der Waals surface area contributed by atoms with Gasteiger partial charge >= 0.3 is 5.97 Å². The summed E-state index contributed by atoms with van der Waals surface area (Å²) in [5, 5.41) is 9.26. The number of nitriles is 1. The summed E-state index contributed by atoms with van der Waals surface area (Å²) in [6.45, 7) is 3.53. The van der Waals surface area contributed by atoms with Gasteiger partial charge in [0, 0.05) is 0 Å². The molecule has 0 fully saturated rings. The maximum atomic E-state index is 12.1. The molecule has 2 heterocycles. The van der Waals surface area contributed by atoms with Gasteiger partial charge in [0.05, 0.1) is 24.4 Å². The molecule has 0 aromatic carbocycles. The van der Waals surface area contributed by atoms with Gasteiger partial charge in [-0.05, 0) is 26.0 Å². The third kappa shape index (κ3) is 2.26. The van der Waals surface area contributed by atoms with E-state index < -0.39 is 11.9 Å². The van der Waals surface area contributed by atoms with Gasteiger partial charge < -0.3 is 19.6 Å². The van der Waals surface area contributed by atoms with Crippen molar-refractivity contribution >= 4 is 5.97 Å². The molecule has 0 bridgehead atoms. The first-order valence-corrected chi connectivity index (χ1v) is 6.09. The molecule has 2 rings (SSSR count). The molecule has 0 saturated carbocycles. The van der Waals surface area contributed by atoms with Crippen molar-refractivity contribution in [3.63, 3.8) is 0 Å². The van der Waals surface area contributed by atoms with E-state index in [0.29, 0.717) is 11.5 Å². The van der Waals surface area contributed by atoms with Gasteiger partial charge in [0.2, 0.25) is 5.88 Å². The number of furan rings is 1. The summed E-state index contributed by atoms with van der Waals surface area (Å²) in [6.07, 6.45) is 1.47. The average molecular weight is 274 g/mol. The van der Waals surface area contributed by atoms with E-state index in [1.165, 1.54) is 6.26 Å². The largest absolute Gasteiger partial charge is 0.468 e. The van der Waals surface area contributed by atoms with Gasteiger partial charge in [-0.2, -0.15) is 5.26 Å². The molecule has 0 spiro atoms. The lowest BCUT2D eigenvalue weighted by molar-refractivity contribution is -0.139. The van der Waals surface area contributed by atoms with Crippen molar-refractivity contribution in [3.8, 4) is 6.07 Å². The molecule has 104 valence electrons.